The van der Waals surface area contributed by atoms with Gasteiger partial charge in [0.1, 0.15) is 19.3 Å². The smallest absolute Gasteiger partial charge is 0.457 e. The van der Waals surface area contributed by atoms with Crippen molar-refractivity contribution in [1.29, 1.82) is 0 Å². The van der Waals surface area contributed by atoms with Crippen molar-refractivity contribution in [2.24, 2.45) is 0 Å². The minimum atomic E-state index is -4.29. The highest BCUT2D eigenvalue weighted by atomic mass is 31.2. The number of allylic oxidation sites excluding steroid dienone is 14. The standard InChI is InChI=1S/C49H86NO7P/c1-6-8-10-12-14-16-18-20-22-23-24-25-26-27-28-29-31-33-35-37-39-41-44-54-46-48(47-56-58(52,53)55-45-43-50(3,4)5)57-49(51)42-40-38-36-34-32-30-21-19-17-15-13-11-9-7-2/h8,10,14,16,19-22,24-25,27-28,31,33,48H,6-7,9,11-13,15,17-18,23,26,29-30,32,34-47H2,1-5H3/p+1/b10-8-,16-14-,21-19-,22-20-,25-24-,28-27-,33-31-. The molecular weight excluding hydrogens is 746 g/mol. The average molecular weight is 833 g/mol. The summed E-state index contributed by atoms with van der Waals surface area (Å²) < 4.78 is 35.0. The van der Waals surface area contributed by atoms with Gasteiger partial charge in [-0.3, -0.25) is 13.8 Å². The number of hydrogen-bond acceptors (Lipinski definition) is 6. The number of hydrogen-bond donors (Lipinski definition) is 1. The number of phosphoric acid groups is 1. The van der Waals surface area contributed by atoms with Crippen LogP contribution in [-0.2, 0) is 27.9 Å². The number of phosphoric ester groups is 1. The molecular formula is C49H87NO7P+. The van der Waals surface area contributed by atoms with Gasteiger partial charge in [0.25, 0.3) is 0 Å². The highest BCUT2D eigenvalue weighted by Crippen LogP contribution is 2.43. The summed E-state index contributed by atoms with van der Waals surface area (Å²) >= 11 is 0. The summed E-state index contributed by atoms with van der Waals surface area (Å²) in [5, 5.41) is 0. The van der Waals surface area contributed by atoms with E-state index in [4.69, 9.17) is 18.5 Å². The minimum Gasteiger partial charge on any atom is -0.457 e. The van der Waals surface area contributed by atoms with Crippen LogP contribution in [0.25, 0.3) is 0 Å². The van der Waals surface area contributed by atoms with Gasteiger partial charge in [-0.2, -0.15) is 0 Å². The fraction of sp³-hybridized carbons (Fsp3) is 0.694. The van der Waals surface area contributed by atoms with Crippen molar-refractivity contribution >= 4 is 13.8 Å². The van der Waals surface area contributed by atoms with E-state index in [9.17, 15) is 14.3 Å². The quantitative estimate of drug-likeness (QED) is 0.0216. The molecule has 2 unspecified atom stereocenters. The van der Waals surface area contributed by atoms with Gasteiger partial charge in [0, 0.05) is 13.0 Å². The van der Waals surface area contributed by atoms with Crippen LogP contribution in [0.5, 0.6) is 0 Å². The Hall–Kier alpha value is -2.32. The first-order chi connectivity index (χ1) is 28.1. The molecule has 0 rings (SSSR count). The molecule has 2 atom stereocenters. The number of quaternary nitrogens is 1. The fourth-order valence-electron chi connectivity index (χ4n) is 5.67. The second-order valence-electron chi connectivity index (χ2n) is 16.0. The first-order valence-electron chi connectivity index (χ1n) is 22.8. The molecule has 58 heavy (non-hydrogen) atoms. The van der Waals surface area contributed by atoms with Gasteiger partial charge in [-0.15, -0.1) is 0 Å². The van der Waals surface area contributed by atoms with Crippen molar-refractivity contribution in [2.75, 3.05) is 54.1 Å². The fourth-order valence-corrected chi connectivity index (χ4v) is 6.41. The number of carbonyl (C=O) groups excluding carboxylic acids is 1. The lowest BCUT2D eigenvalue weighted by Crippen LogP contribution is -2.37. The Morgan fingerprint density at radius 3 is 1.52 bits per heavy atom. The molecule has 0 aliphatic heterocycles. The first kappa shape index (κ1) is 55.7. The van der Waals surface area contributed by atoms with E-state index < -0.39 is 13.9 Å². The molecule has 0 aliphatic rings. The Labute approximate surface area is 356 Å². The third-order valence-corrected chi connectivity index (χ3v) is 10.2. The van der Waals surface area contributed by atoms with E-state index in [0.29, 0.717) is 24.1 Å². The summed E-state index contributed by atoms with van der Waals surface area (Å²) in [5.41, 5.74) is 0. The van der Waals surface area contributed by atoms with E-state index >= 15 is 0 Å². The van der Waals surface area contributed by atoms with Crippen LogP contribution in [0.2, 0.25) is 0 Å². The summed E-state index contributed by atoms with van der Waals surface area (Å²) in [6.07, 6.45) is 54.8. The molecule has 0 aliphatic carbocycles. The van der Waals surface area contributed by atoms with Crippen LogP contribution in [0.15, 0.2) is 85.1 Å². The predicted molar refractivity (Wildman–Crippen MR) is 247 cm³/mol. The Bertz CT molecular complexity index is 1200. The molecule has 0 heterocycles. The molecule has 0 radical (unpaired) electrons. The molecule has 0 aromatic carbocycles. The highest BCUT2D eigenvalue weighted by molar-refractivity contribution is 7.47. The largest absolute Gasteiger partial charge is 0.472 e. The summed E-state index contributed by atoms with van der Waals surface area (Å²) in [4.78, 5) is 22.9. The maximum absolute atomic E-state index is 12.7. The van der Waals surface area contributed by atoms with E-state index in [1.807, 2.05) is 21.1 Å². The number of likely N-dealkylation sites (N-methyl/N-ethyl adjacent to an activating group) is 1. The molecule has 0 amide bonds. The molecule has 334 valence electrons. The maximum Gasteiger partial charge on any atom is 0.472 e. The van der Waals surface area contributed by atoms with Gasteiger partial charge in [-0.05, 0) is 89.9 Å². The highest BCUT2D eigenvalue weighted by Gasteiger charge is 2.26. The summed E-state index contributed by atoms with van der Waals surface area (Å²) in [7, 11) is 1.62. The number of esters is 1. The van der Waals surface area contributed by atoms with Crippen molar-refractivity contribution in [1.82, 2.24) is 0 Å². The maximum atomic E-state index is 12.7. The SMILES string of the molecule is CC/C=C\C/C=C\C/C=C\C/C=C\C/C=C\C/C=C\CCCCCOCC(COP(=O)(O)OCC[N+](C)(C)C)OC(=O)CCCCCCC/C=C\CCCCCCC. The zero-order valence-corrected chi connectivity index (χ0v) is 38.6. The van der Waals surface area contributed by atoms with Crippen molar-refractivity contribution in [3.05, 3.63) is 85.1 Å². The van der Waals surface area contributed by atoms with Crippen LogP contribution in [0.3, 0.4) is 0 Å². The van der Waals surface area contributed by atoms with Crippen LogP contribution < -0.4 is 0 Å². The van der Waals surface area contributed by atoms with Crippen LogP contribution in [-0.4, -0.2) is 75.6 Å². The van der Waals surface area contributed by atoms with Gasteiger partial charge in [-0.1, -0.05) is 150 Å². The topological polar surface area (TPSA) is 91.3 Å². The number of carbonyl (C=O) groups is 1. The first-order valence-corrected chi connectivity index (χ1v) is 24.3. The summed E-state index contributed by atoms with van der Waals surface area (Å²) in [6.45, 7) is 5.38. The molecule has 9 heteroatoms. The zero-order chi connectivity index (χ0) is 42.7. The van der Waals surface area contributed by atoms with E-state index in [-0.39, 0.29) is 25.8 Å². The van der Waals surface area contributed by atoms with Crippen LogP contribution in [0.4, 0.5) is 0 Å². The Morgan fingerprint density at radius 2 is 1.00 bits per heavy atom. The van der Waals surface area contributed by atoms with Crippen molar-refractivity contribution < 1.29 is 37.3 Å². The van der Waals surface area contributed by atoms with Crippen LogP contribution >= 0.6 is 7.82 Å². The monoisotopic (exact) mass is 833 g/mol. The summed E-state index contributed by atoms with van der Waals surface area (Å²) in [5.74, 6) is -0.339. The molecule has 0 spiro atoms. The van der Waals surface area contributed by atoms with E-state index in [1.165, 1.54) is 44.9 Å². The van der Waals surface area contributed by atoms with E-state index in [0.717, 1.165) is 96.3 Å². The van der Waals surface area contributed by atoms with Gasteiger partial charge in [0.2, 0.25) is 0 Å². The van der Waals surface area contributed by atoms with Crippen molar-refractivity contribution in [2.45, 2.75) is 168 Å². The van der Waals surface area contributed by atoms with E-state index in [1.54, 1.807) is 0 Å². The Balaban J connectivity index is 4.31. The number of rotatable bonds is 41. The summed E-state index contributed by atoms with van der Waals surface area (Å²) in [6, 6.07) is 0. The minimum absolute atomic E-state index is 0.0756. The number of nitrogens with zero attached hydrogens (tertiary/aromatic N) is 1. The van der Waals surface area contributed by atoms with Crippen molar-refractivity contribution in [3.63, 3.8) is 0 Å². The van der Waals surface area contributed by atoms with Gasteiger partial charge in [0.15, 0.2) is 0 Å². The van der Waals surface area contributed by atoms with Gasteiger partial charge in [-0.25, -0.2) is 4.57 Å². The third-order valence-electron chi connectivity index (χ3n) is 9.19. The molecule has 0 aromatic heterocycles. The lowest BCUT2D eigenvalue weighted by molar-refractivity contribution is -0.870. The Kier molecular flexibility index (Phi) is 39.8. The normalized spacial score (nSPS) is 14.5. The number of ether oxygens (including phenoxy) is 2. The average Bonchev–Trinajstić information content (AvgIpc) is 3.18. The molecule has 0 saturated carbocycles. The van der Waals surface area contributed by atoms with E-state index in [2.05, 4.69) is 98.9 Å². The van der Waals surface area contributed by atoms with Crippen LogP contribution in [0.1, 0.15) is 162 Å². The molecule has 0 aromatic rings. The number of unbranched alkanes of at least 4 members (excludes halogenated alkanes) is 13. The zero-order valence-electron chi connectivity index (χ0n) is 37.8. The van der Waals surface area contributed by atoms with Crippen molar-refractivity contribution in [3.8, 4) is 0 Å². The molecule has 1 N–H and O–H groups in total. The van der Waals surface area contributed by atoms with Gasteiger partial charge >= 0.3 is 13.8 Å². The third kappa shape index (κ3) is 44.8. The lowest BCUT2D eigenvalue weighted by atomic mass is 10.1. The molecule has 0 fully saturated rings. The van der Waals surface area contributed by atoms with Crippen LogP contribution in [0, 0.1) is 0 Å². The molecule has 0 saturated heterocycles. The predicted octanol–water partition coefficient (Wildman–Crippen LogP) is 13.7. The van der Waals surface area contributed by atoms with Gasteiger partial charge < -0.3 is 18.9 Å². The van der Waals surface area contributed by atoms with Gasteiger partial charge in [0.05, 0.1) is 34.4 Å². The second-order valence-corrected chi connectivity index (χ2v) is 17.5. The second kappa shape index (κ2) is 41.4. The Morgan fingerprint density at radius 1 is 0.552 bits per heavy atom. The molecule has 8 nitrogen and oxygen atoms in total. The molecule has 0 bridgehead atoms. The lowest BCUT2D eigenvalue weighted by Gasteiger charge is -2.24.